The molecular formula is C18H13BrN2O. The third-order valence-corrected chi connectivity index (χ3v) is 4.51. The monoisotopic (exact) mass is 352 g/mol. The molecule has 1 aromatic carbocycles. The highest BCUT2D eigenvalue weighted by Gasteiger charge is 2.21. The summed E-state index contributed by atoms with van der Waals surface area (Å²) >= 11 is 3.47. The molecule has 4 rings (SSSR count). The zero-order valence-electron chi connectivity index (χ0n) is 11.8. The molecule has 108 valence electrons. The quantitative estimate of drug-likeness (QED) is 0.611. The summed E-state index contributed by atoms with van der Waals surface area (Å²) in [6.45, 7) is 0. The number of imidazole rings is 1. The number of aromatic nitrogens is 2. The second kappa shape index (κ2) is 5.21. The van der Waals surface area contributed by atoms with Gasteiger partial charge in [-0.1, -0.05) is 24.3 Å². The van der Waals surface area contributed by atoms with E-state index in [4.69, 9.17) is 0 Å². The van der Waals surface area contributed by atoms with Crippen LogP contribution in [0.3, 0.4) is 0 Å². The summed E-state index contributed by atoms with van der Waals surface area (Å²) in [5, 5.41) is 0. The van der Waals surface area contributed by atoms with Crippen molar-refractivity contribution in [2.24, 2.45) is 0 Å². The van der Waals surface area contributed by atoms with E-state index in [1.165, 1.54) is 0 Å². The molecular weight excluding hydrogens is 340 g/mol. The Labute approximate surface area is 136 Å². The molecule has 0 fully saturated rings. The van der Waals surface area contributed by atoms with Gasteiger partial charge in [0.25, 0.3) is 0 Å². The molecule has 0 spiro atoms. The van der Waals surface area contributed by atoms with Crippen LogP contribution < -0.4 is 0 Å². The van der Waals surface area contributed by atoms with Gasteiger partial charge in [-0.05, 0) is 52.5 Å². The van der Waals surface area contributed by atoms with Gasteiger partial charge in [-0.3, -0.25) is 9.20 Å². The van der Waals surface area contributed by atoms with Gasteiger partial charge in [0.2, 0.25) is 0 Å². The molecule has 0 atom stereocenters. The van der Waals surface area contributed by atoms with Crippen LogP contribution in [-0.2, 0) is 6.42 Å². The number of carbonyl (C=O) groups is 1. The first-order valence-corrected chi connectivity index (χ1v) is 7.97. The van der Waals surface area contributed by atoms with E-state index in [9.17, 15) is 4.79 Å². The summed E-state index contributed by atoms with van der Waals surface area (Å²) < 4.78 is 2.98. The lowest BCUT2D eigenvalue weighted by atomic mass is 9.86. The molecule has 22 heavy (non-hydrogen) atoms. The Kier molecular flexibility index (Phi) is 3.19. The summed E-state index contributed by atoms with van der Waals surface area (Å²) in [6.07, 6.45) is 7.43. The van der Waals surface area contributed by atoms with Gasteiger partial charge in [0.1, 0.15) is 5.65 Å². The minimum absolute atomic E-state index is 0.131. The van der Waals surface area contributed by atoms with Crippen LogP contribution in [0.25, 0.3) is 11.7 Å². The van der Waals surface area contributed by atoms with Crippen molar-refractivity contribution in [2.75, 3.05) is 0 Å². The number of fused-ring (bicyclic) bond motifs is 2. The smallest absolute Gasteiger partial charge is 0.189 e. The standard InChI is InChI=1S/C18H13BrN2O/c19-14-7-8-17-20-10-15(21(17)11-14)9-13-6-5-12-3-1-2-4-16(12)18(13)22/h1-4,7-11H,5-6H2. The predicted molar refractivity (Wildman–Crippen MR) is 90.0 cm³/mol. The van der Waals surface area contributed by atoms with Gasteiger partial charge in [0.15, 0.2) is 5.78 Å². The number of ketones is 1. The number of carbonyl (C=O) groups excluding carboxylic acids is 1. The summed E-state index contributed by atoms with van der Waals surface area (Å²) in [7, 11) is 0. The zero-order chi connectivity index (χ0) is 15.1. The second-order valence-corrected chi connectivity index (χ2v) is 6.33. The SMILES string of the molecule is O=C1C(=Cc2cnc3ccc(Br)cn23)CCc2ccccc21. The fourth-order valence-electron chi connectivity index (χ4n) is 2.91. The number of halogens is 1. The molecule has 0 saturated carbocycles. The lowest BCUT2D eigenvalue weighted by Crippen LogP contribution is -2.13. The Morgan fingerprint density at radius 2 is 2.00 bits per heavy atom. The Hall–Kier alpha value is -2.20. The average Bonchev–Trinajstić information content (AvgIpc) is 2.92. The van der Waals surface area contributed by atoms with Crippen molar-refractivity contribution in [3.05, 3.63) is 75.7 Å². The molecule has 1 aliphatic rings. The van der Waals surface area contributed by atoms with Gasteiger partial charge in [-0.15, -0.1) is 0 Å². The number of nitrogens with zero attached hydrogens (tertiary/aromatic N) is 2. The number of pyridine rings is 1. The largest absolute Gasteiger partial charge is 0.299 e. The topological polar surface area (TPSA) is 34.4 Å². The summed E-state index contributed by atoms with van der Waals surface area (Å²) in [6, 6.07) is 11.8. The first-order chi connectivity index (χ1) is 10.7. The fraction of sp³-hybridized carbons (Fsp3) is 0.111. The highest BCUT2D eigenvalue weighted by atomic mass is 79.9. The zero-order valence-corrected chi connectivity index (χ0v) is 13.4. The van der Waals surface area contributed by atoms with Crippen LogP contribution in [-0.4, -0.2) is 15.2 Å². The molecule has 2 heterocycles. The number of Topliss-reactive ketones (excluding diaryl/α,β-unsaturated/α-hetero) is 1. The number of hydrogen-bond acceptors (Lipinski definition) is 2. The summed E-state index contributed by atoms with van der Waals surface area (Å²) in [5.41, 5.74) is 4.62. The first kappa shape index (κ1) is 13.5. The van der Waals surface area contributed by atoms with Crippen molar-refractivity contribution in [1.29, 1.82) is 0 Å². The number of hydrogen-bond donors (Lipinski definition) is 0. The van der Waals surface area contributed by atoms with Crippen molar-refractivity contribution >= 4 is 33.4 Å². The molecule has 0 radical (unpaired) electrons. The normalized spacial score (nSPS) is 16.2. The van der Waals surface area contributed by atoms with Gasteiger partial charge < -0.3 is 0 Å². The van der Waals surface area contributed by atoms with Crippen LogP contribution in [0.1, 0.15) is 28.0 Å². The lowest BCUT2D eigenvalue weighted by Gasteiger charge is -2.17. The molecule has 2 aromatic heterocycles. The molecule has 4 heteroatoms. The van der Waals surface area contributed by atoms with E-state index in [1.807, 2.05) is 59.3 Å². The molecule has 0 bridgehead atoms. The maximum absolute atomic E-state index is 12.6. The fourth-order valence-corrected chi connectivity index (χ4v) is 3.25. The Morgan fingerprint density at radius 3 is 2.91 bits per heavy atom. The van der Waals surface area contributed by atoms with Gasteiger partial charge in [-0.25, -0.2) is 4.98 Å². The number of aryl methyl sites for hydroxylation is 1. The highest BCUT2D eigenvalue weighted by Crippen LogP contribution is 2.26. The van der Waals surface area contributed by atoms with Crippen molar-refractivity contribution in [2.45, 2.75) is 12.8 Å². The van der Waals surface area contributed by atoms with E-state index in [1.54, 1.807) is 0 Å². The van der Waals surface area contributed by atoms with E-state index in [0.717, 1.165) is 45.4 Å². The molecule has 0 unspecified atom stereocenters. The van der Waals surface area contributed by atoms with Crippen LogP contribution in [0.2, 0.25) is 0 Å². The van der Waals surface area contributed by atoms with Crippen molar-refractivity contribution in [3.8, 4) is 0 Å². The van der Waals surface area contributed by atoms with Crippen molar-refractivity contribution < 1.29 is 4.79 Å². The Balaban J connectivity index is 1.80. The summed E-state index contributed by atoms with van der Waals surface area (Å²) in [4.78, 5) is 17.0. The van der Waals surface area contributed by atoms with Crippen molar-refractivity contribution in [1.82, 2.24) is 9.38 Å². The summed E-state index contributed by atoms with van der Waals surface area (Å²) in [5.74, 6) is 0.131. The number of rotatable bonds is 1. The first-order valence-electron chi connectivity index (χ1n) is 7.18. The number of allylic oxidation sites excluding steroid dienone is 1. The minimum Gasteiger partial charge on any atom is -0.299 e. The molecule has 1 aliphatic carbocycles. The van der Waals surface area contributed by atoms with Crippen molar-refractivity contribution in [3.63, 3.8) is 0 Å². The third-order valence-electron chi connectivity index (χ3n) is 4.04. The molecule has 3 aromatic rings. The lowest BCUT2D eigenvalue weighted by molar-refractivity contribution is 0.102. The Morgan fingerprint density at radius 1 is 1.14 bits per heavy atom. The van der Waals surface area contributed by atoms with Crippen LogP contribution >= 0.6 is 15.9 Å². The molecule has 0 aliphatic heterocycles. The van der Waals surface area contributed by atoms with E-state index in [-0.39, 0.29) is 5.78 Å². The molecule has 0 amide bonds. The van der Waals surface area contributed by atoms with Crippen LogP contribution in [0.4, 0.5) is 0 Å². The number of benzene rings is 1. The molecule has 0 N–H and O–H groups in total. The van der Waals surface area contributed by atoms with Gasteiger partial charge in [-0.2, -0.15) is 0 Å². The molecule has 0 saturated heterocycles. The Bertz CT molecular complexity index is 924. The van der Waals surface area contributed by atoms with Crippen LogP contribution in [0.5, 0.6) is 0 Å². The predicted octanol–water partition coefficient (Wildman–Crippen LogP) is 4.31. The maximum Gasteiger partial charge on any atom is 0.189 e. The maximum atomic E-state index is 12.6. The van der Waals surface area contributed by atoms with Gasteiger partial charge >= 0.3 is 0 Å². The van der Waals surface area contributed by atoms with E-state index in [0.29, 0.717) is 0 Å². The molecule has 3 nitrogen and oxygen atoms in total. The highest BCUT2D eigenvalue weighted by molar-refractivity contribution is 9.10. The van der Waals surface area contributed by atoms with Crippen LogP contribution in [0.15, 0.2) is 58.8 Å². The average molecular weight is 353 g/mol. The van der Waals surface area contributed by atoms with Gasteiger partial charge in [0.05, 0.1) is 11.9 Å². The van der Waals surface area contributed by atoms with Gasteiger partial charge in [0, 0.05) is 21.8 Å². The van der Waals surface area contributed by atoms with E-state index >= 15 is 0 Å². The van der Waals surface area contributed by atoms with E-state index in [2.05, 4.69) is 20.9 Å². The second-order valence-electron chi connectivity index (χ2n) is 5.41. The van der Waals surface area contributed by atoms with Crippen LogP contribution in [0, 0.1) is 0 Å². The minimum atomic E-state index is 0.131. The van der Waals surface area contributed by atoms with E-state index < -0.39 is 0 Å². The third kappa shape index (κ3) is 2.20.